The zero-order chi connectivity index (χ0) is 23.0. The Balaban J connectivity index is 1.63. The third-order valence-corrected chi connectivity index (χ3v) is 5.48. The summed E-state index contributed by atoms with van der Waals surface area (Å²) in [5.74, 6) is 0. The second-order valence-electron chi connectivity index (χ2n) is 8.94. The van der Waals surface area contributed by atoms with Crippen molar-refractivity contribution in [1.82, 2.24) is 14.4 Å². The van der Waals surface area contributed by atoms with Gasteiger partial charge in [0.1, 0.15) is 11.2 Å². The van der Waals surface area contributed by atoms with Gasteiger partial charge in [-0.1, -0.05) is 45.0 Å². The van der Waals surface area contributed by atoms with Gasteiger partial charge in [-0.3, -0.25) is 9.38 Å². The molecule has 0 aliphatic heterocycles. The summed E-state index contributed by atoms with van der Waals surface area (Å²) in [4.78, 5) is 9.31. The molecule has 6 aromatic rings. The molecule has 0 bridgehead atoms. The largest absolute Gasteiger partial charge is 0.438 e. The van der Waals surface area contributed by atoms with Gasteiger partial charge >= 0.3 is 0 Å². The Morgan fingerprint density at radius 3 is 2.71 bits per heavy atom. The normalized spacial score (nSPS) is 13.9. The summed E-state index contributed by atoms with van der Waals surface area (Å²) in [6.45, 7) is 5.73. The van der Waals surface area contributed by atoms with Crippen LogP contribution in [-0.2, 0) is 6.37 Å². The van der Waals surface area contributed by atoms with Crippen molar-refractivity contribution < 1.29 is 7.16 Å². The van der Waals surface area contributed by atoms with Crippen LogP contribution < -0.4 is 0 Å². The maximum Gasteiger partial charge on any atom is 0.214 e. The van der Waals surface area contributed by atoms with E-state index < -0.39 is 11.8 Å². The number of hydrogen-bond donors (Lipinski definition) is 0. The Morgan fingerprint density at radius 1 is 0.968 bits per heavy atom. The summed E-state index contributed by atoms with van der Waals surface area (Å²) >= 11 is 0. The number of rotatable bonds is 2. The van der Waals surface area contributed by atoms with Crippen LogP contribution in [0.3, 0.4) is 0 Å². The molecule has 0 spiro atoms. The molecule has 0 N–H and O–H groups in total. The fourth-order valence-electron chi connectivity index (χ4n) is 4.27. The first-order valence-corrected chi connectivity index (χ1v) is 10.4. The lowest BCUT2D eigenvalue weighted by molar-refractivity contribution is 0.411. The average molecular weight is 408 g/mol. The number of benzene rings is 2. The molecule has 152 valence electrons. The standard InChI is InChI=1S/C27H23N3O/c1-27(2,3)16-17-13-14-28-22(15-17)20-8-6-7-18-19-11-12-24-29-21-9-4-5-10-23(21)30(24)26(19)31-25(18)20/h4-15H,16H2,1-3H3/i16D2. The quantitative estimate of drug-likeness (QED) is 0.309. The molecule has 4 heterocycles. The van der Waals surface area contributed by atoms with Crippen LogP contribution in [0.5, 0.6) is 0 Å². The van der Waals surface area contributed by atoms with Crippen molar-refractivity contribution in [3.05, 3.63) is 78.5 Å². The van der Waals surface area contributed by atoms with Crippen LogP contribution >= 0.6 is 0 Å². The van der Waals surface area contributed by atoms with Gasteiger partial charge in [0.05, 0.1) is 16.7 Å². The monoisotopic (exact) mass is 407 g/mol. The van der Waals surface area contributed by atoms with E-state index >= 15 is 0 Å². The topological polar surface area (TPSA) is 43.3 Å². The lowest BCUT2D eigenvalue weighted by Crippen LogP contribution is -2.09. The van der Waals surface area contributed by atoms with Gasteiger partial charge in [-0.15, -0.1) is 0 Å². The molecule has 4 heteroatoms. The van der Waals surface area contributed by atoms with Crippen molar-refractivity contribution in [2.24, 2.45) is 5.41 Å². The molecular formula is C27H23N3O. The lowest BCUT2D eigenvalue weighted by Gasteiger charge is -2.18. The first-order valence-electron chi connectivity index (χ1n) is 11.4. The van der Waals surface area contributed by atoms with E-state index in [0.29, 0.717) is 11.3 Å². The first-order chi connectivity index (χ1) is 15.8. The fourth-order valence-corrected chi connectivity index (χ4v) is 4.27. The van der Waals surface area contributed by atoms with Crippen LogP contribution in [0.4, 0.5) is 0 Å². The fraction of sp³-hybridized carbons (Fsp3) is 0.185. The number of furan rings is 1. The van der Waals surface area contributed by atoms with E-state index in [2.05, 4.69) is 9.38 Å². The van der Waals surface area contributed by atoms with Crippen molar-refractivity contribution in [3.8, 4) is 11.3 Å². The molecule has 0 saturated heterocycles. The van der Waals surface area contributed by atoms with E-state index in [-0.39, 0.29) is 0 Å². The predicted octanol–water partition coefficient (Wildman–Crippen LogP) is 7.04. The predicted molar refractivity (Wildman–Crippen MR) is 126 cm³/mol. The molecule has 0 radical (unpaired) electrons. The number of imidazole rings is 1. The van der Waals surface area contributed by atoms with Crippen molar-refractivity contribution in [1.29, 1.82) is 0 Å². The van der Waals surface area contributed by atoms with Gasteiger partial charge in [0.2, 0.25) is 5.71 Å². The number of hydrogen-bond acceptors (Lipinski definition) is 3. The van der Waals surface area contributed by atoms with Crippen molar-refractivity contribution in [2.75, 3.05) is 0 Å². The van der Waals surface area contributed by atoms with Gasteiger partial charge in [0.15, 0.2) is 0 Å². The Kier molecular flexibility index (Phi) is 3.33. The van der Waals surface area contributed by atoms with Crippen molar-refractivity contribution in [3.63, 3.8) is 0 Å². The lowest BCUT2D eigenvalue weighted by atomic mass is 9.88. The molecule has 0 amide bonds. The van der Waals surface area contributed by atoms with E-state index in [4.69, 9.17) is 12.1 Å². The Morgan fingerprint density at radius 2 is 1.84 bits per heavy atom. The highest BCUT2D eigenvalue weighted by atomic mass is 16.3. The zero-order valence-corrected chi connectivity index (χ0v) is 17.7. The van der Waals surface area contributed by atoms with E-state index in [1.807, 2.05) is 81.4 Å². The Labute approximate surface area is 183 Å². The van der Waals surface area contributed by atoms with Gasteiger partial charge < -0.3 is 4.42 Å². The van der Waals surface area contributed by atoms with E-state index in [1.165, 1.54) is 0 Å². The van der Waals surface area contributed by atoms with E-state index in [0.717, 1.165) is 44.3 Å². The van der Waals surface area contributed by atoms with Crippen molar-refractivity contribution in [2.45, 2.75) is 27.1 Å². The molecule has 0 atom stereocenters. The third kappa shape index (κ3) is 2.90. The smallest absolute Gasteiger partial charge is 0.214 e. The maximum atomic E-state index is 8.68. The molecule has 6 rings (SSSR count). The van der Waals surface area contributed by atoms with Crippen LogP contribution in [0, 0.1) is 5.41 Å². The minimum atomic E-state index is -1.51. The van der Waals surface area contributed by atoms with Crippen LogP contribution in [0.1, 0.15) is 29.1 Å². The van der Waals surface area contributed by atoms with Gasteiger partial charge in [-0.25, -0.2) is 4.98 Å². The third-order valence-electron chi connectivity index (χ3n) is 5.48. The summed E-state index contributed by atoms with van der Waals surface area (Å²) in [5, 5.41) is 2.00. The highest BCUT2D eigenvalue weighted by molar-refractivity contribution is 6.09. The molecule has 4 aromatic heterocycles. The van der Waals surface area contributed by atoms with Gasteiger partial charge in [-0.05, 0) is 59.8 Å². The van der Waals surface area contributed by atoms with Crippen molar-refractivity contribution >= 4 is 38.7 Å². The summed E-state index contributed by atoms with van der Waals surface area (Å²) in [7, 11) is 0. The van der Waals surface area contributed by atoms with Crippen LogP contribution in [-0.4, -0.2) is 14.4 Å². The van der Waals surface area contributed by atoms with Gasteiger partial charge in [-0.2, -0.15) is 0 Å². The molecule has 0 unspecified atom stereocenters. The SMILES string of the molecule is [2H]C([2H])(c1ccnc(-c2cccc3c2oc2c3ccc3nc4ccccc4n32)c1)C(C)(C)C. The van der Waals surface area contributed by atoms with E-state index in [9.17, 15) is 0 Å². The van der Waals surface area contributed by atoms with Gasteiger partial charge in [0, 0.05) is 25.3 Å². The van der Waals surface area contributed by atoms with Crippen LogP contribution in [0.15, 0.2) is 77.3 Å². The molecule has 2 aromatic carbocycles. The molecular weight excluding hydrogens is 382 g/mol. The van der Waals surface area contributed by atoms with Gasteiger partial charge in [0.25, 0.3) is 0 Å². The zero-order valence-electron chi connectivity index (χ0n) is 19.7. The van der Waals surface area contributed by atoms with Crippen LogP contribution in [0.2, 0.25) is 0 Å². The minimum Gasteiger partial charge on any atom is -0.438 e. The molecule has 4 nitrogen and oxygen atoms in total. The summed E-state index contributed by atoms with van der Waals surface area (Å²) in [6, 6.07) is 21.7. The Bertz CT molecular complexity index is 1690. The molecule has 0 saturated carbocycles. The molecule has 31 heavy (non-hydrogen) atoms. The van der Waals surface area contributed by atoms with E-state index in [1.54, 1.807) is 12.3 Å². The average Bonchev–Trinajstić information content (AvgIpc) is 3.36. The first kappa shape index (κ1) is 16.1. The number of fused-ring (bicyclic) bond motifs is 7. The molecule has 0 fully saturated rings. The highest BCUT2D eigenvalue weighted by Crippen LogP contribution is 2.37. The number of pyridine rings is 2. The number of aromatic nitrogens is 3. The molecule has 0 aliphatic carbocycles. The highest BCUT2D eigenvalue weighted by Gasteiger charge is 2.18. The summed E-state index contributed by atoms with van der Waals surface area (Å²) < 4.78 is 25.9. The second-order valence-corrected chi connectivity index (χ2v) is 8.94. The summed E-state index contributed by atoms with van der Waals surface area (Å²) in [5.41, 5.74) is 5.82. The van der Waals surface area contributed by atoms with Crippen LogP contribution in [0.25, 0.3) is 50.0 Å². The maximum absolute atomic E-state index is 8.68. The number of nitrogens with zero attached hydrogens (tertiary/aromatic N) is 3. The summed E-state index contributed by atoms with van der Waals surface area (Å²) in [6.07, 6.45) is 0.172. The minimum absolute atomic E-state index is 0.551. The number of para-hydroxylation sites is 3. The molecule has 0 aliphatic rings. The second kappa shape index (κ2) is 6.42. The Hall–Kier alpha value is -3.66.